The van der Waals surface area contributed by atoms with Crippen LogP contribution in [0.4, 0.5) is 0 Å². The first-order chi connectivity index (χ1) is 8.76. The Kier molecular flexibility index (Phi) is 4.62. The molecule has 4 N–H and O–H groups in total. The van der Waals surface area contributed by atoms with E-state index in [9.17, 15) is 18.0 Å². The zero-order valence-electron chi connectivity index (χ0n) is 9.95. The Balaban J connectivity index is 2.93. The molecular weight excluding hydrogens is 278 g/mol. The summed E-state index contributed by atoms with van der Waals surface area (Å²) in [4.78, 5) is 27.5. The minimum absolute atomic E-state index is 0.305. The van der Waals surface area contributed by atoms with Crippen molar-refractivity contribution in [2.24, 2.45) is 0 Å². The molecule has 0 bridgehead atoms. The van der Waals surface area contributed by atoms with Crippen LogP contribution < -0.4 is 4.72 Å². The molecule has 0 saturated heterocycles. The number of nitrogens with zero attached hydrogens (tertiary/aromatic N) is 1. The van der Waals surface area contributed by atoms with E-state index in [1.54, 1.807) is 11.6 Å². The Labute approximate surface area is 108 Å². The third kappa shape index (κ3) is 4.03. The Hall–Kier alpha value is -1.94. The van der Waals surface area contributed by atoms with E-state index >= 15 is 0 Å². The van der Waals surface area contributed by atoms with Crippen molar-refractivity contribution in [1.29, 1.82) is 0 Å². The fourth-order valence-corrected chi connectivity index (χ4v) is 2.39. The van der Waals surface area contributed by atoms with E-state index in [-0.39, 0.29) is 5.03 Å². The number of sulfonamides is 1. The molecule has 9 nitrogen and oxygen atoms in total. The fraction of sp³-hybridized carbons (Fsp3) is 0.444. The number of aromatic amines is 1. The van der Waals surface area contributed by atoms with Crippen LogP contribution in [0.15, 0.2) is 11.2 Å². The molecule has 0 radical (unpaired) electrons. The van der Waals surface area contributed by atoms with Gasteiger partial charge in [-0.3, -0.25) is 9.59 Å². The van der Waals surface area contributed by atoms with E-state index < -0.39 is 34.4 Å². The maximum atomic E-state index is 11.8. The van der Waals surface area contributed by atoms with Gasteiger partial charge in [0.05, 0.1) is 12.6 Å². The summed E-state index contributed by atoms with van der Waals surface area (Å²) >= 11 is 0. The Bertz CT molecular complexity index is 579. The molecule has 1 unspecified atom stereocenters. The summed E-state index contributed by atoms with van der Waals surface area (Å²) < 4.78 is 25.4. The summed E-state index contributed by atoms with van der Waals surface area (Å²) in [5, 5.41) is 17.0. The molecule has 0 fully saturated rings. The van der Waals surface area contributed by atoms with Gasteiger partial charge >= 0.3 is 11.9 Å². The highest BCUT2D eigenvalue weighted by Gasteiger charge is 2.28. The molecule has 1 heterocycles. The molecule has 10 heteroatoms. The number of imidazole rings is 1. The van der Waals surface area contributed by atoms with Crippen molar-refractivity contribution in [2.75, 3.05) is 0 Å². The lowest BCUT2D eigenvalue weighted by Gasteiger charge is -2.11. The summed E-state index contributed by atoms with van der Waals surface area (Å²) in [6, 6.07) is -1.74. The molecule has 0 saturated carbocycles. The largest absolute Gasteiger partial charge is 0.481 e. The number of carbonyl (C=O) groups is 2. The number of hydrogen-bond donors (Lipinski definition) is 4. The molecule has 0 aliphatic rings. The summed E-state index contributed by atoms with van der Waals surface area (Å²) in [6.07, 6.45) is 0.664. The molecule has 1 atom stereocenters. The van der Waals surface area contributed by atoms with Gasteiger partial charge in [0.25, 0.3) is 10.0 Å². The molecule has 19 heavy (non-hydrogen) atoms. The molecule has 1 aromatic heterocycles. The highest BCUT2D eigenvalue weighted by Crippen LogP contribution is 2.08. The molecule has 0 aliphatic heterocycles. The van der Waals surface area contributed by atoms with Crippen LogP contribution in [0.25, 0.3) is 0 Å². The van der Waals surface area contributed by atoms with Gasteiger partial charge in [-0.2, -0.15) is 4.72 Å². The summed E-state index contributed by atoms with van der Waals surface area (Å²) in [7, 11) is -4.15. The zero-order chi connectivity index (χ0) is 14.6. The number of H-pyrrole nitrogens is 1. The van der Waals surface area contributed by atoms with E-state index in [1.165, 1.54) is 0 Å². The second kappa shape index (κ2) is 5.80. The predicted molar refractivity (Wildman–Crippen MR) is 62.0 cm³/mol. The Morgan fingerprint density at radius 1 is 1.47 bits per heavy atom. The Morgan fingerprint density at radius 3 is 2.53 bits per heavy atom. The average molecular weight is 291 g/mol. The molecule has 0 aliphatic carbocycles. The molecule has 1 aromatic rings. The number of aromatic nitrogens is 2. The molecule has 0 aromatic carbocycles. The standard InChI is InChI=1S/C9H13N3O6S/c1-2-6-10-4-7(11-6)19(17,18)12-5(9(15)16)3-8(13)14/h4-5,12H,2-3H2,1H3,(H,10,11)(H,13,14)(H,15,16). The minimum Gasteiger partial charge on any atom is -0.481 e. The van der Waals surface area contributed by atoms with Gasteiger partial charge in [-0.05, 0) is 0 Å². The molecule has 0 spiro atoms. The molecule has 106 valence electrons. The van der Waals surface area contributed by atoms with Crippen LogP contribution in [-0.2, 0) is 26.0 Å². The van der Waals surface area contributed by atoms with Crippen LogP contribution in [0.3, 0.4) is 0 Å². The van der Waals surface area contributed by atoms with Crippen molar-refractivity contribution >= 4 is 22.0 Å². The number of rotatable bonds is 7. The third-order valence-corrected chi connectivity index (χ3v) is 3.59. The van der Waals surface area contributed by atoms with Gasteiger partial charge in [0.2, 0.25) is 0 Å². The SMILES string of the molecule is CCc1ncc(S(=O)(=O)NC(CC(=O)O)C(=O)O)[nH]1. The van der Waals surface area contributed by atoms with Crippen LogP contribution in [0.1, 0.15) is 19.2 Å². The molecular formula is C9H13N3O6S. The Morgan fingerprint density at radius 2 is 2.11 bits per heavy atom. The highest BCUT2D eigenvalue weighted by atomic mass is 32.2. The van der Waals surface area contributed by atoms with E-state index in [2.05, 4.69) is 9.97 Å². The minimum atomic E-state index is -4.15. The molecule has 1 rings (SSSR count). The van der Waals surface area contributed by atoms with Crippen molar-refractivity contribution in [3.05, 3.63) is 12.0 Å². The van der Waals surface area contributed by atoms with E-state index in [0.717, 1.165) is 6.20 Å². The number of nitrogens with one attached hydrogen (secondary N) is 2. The normalized spacial score (nSPS) is 13.1. The molecule has 0 amide bonds. The van der Waals surface area contributed by atoms with Crippen molar-refractivity contribution in [3.8, 4) is 0 Å². The predicted octanol–water partition coefficient (Wildman–Crippen LogP) is -0.822. The first-order valence-corrected chi connectivity index (χ1v) is 6.75. The first kappa shape index (κ1) is 15.1. The second-order valence-corrected chi connectivity index (χ2v) is 5.34. The maximum Gasteiger partial charge on any atom is 0.322 e. The van der Waals surface area contributed by atoms with E-state index in [1.807, 2.05) is 0 Å². The van der Waals surface area contributed by atoms with Gasteiger partial charge in [0.1, 0.15) is 11.9 Å². The van der Waals surface area contributed by atoms with Gasteiger partial charge < -0.3 is 15.2 Å². The van der Waals surface area contributed by atoms with E-state index in [4.69, 9.17) is 10.2 Å². The monoisotopic (exact) mass is 291 g/mol. The number of carboxylic acid groups (broad SMARTS) is 2. The van der Waals surface area contributed by atoms with Crippen molar-refractivity contribution in [3.63, 3.8) is 0 Å². The third-order valence-electron chi connectivity index (χ3n) is 2.20. The number of aliphatic carboxylic acids is 2. The lowest BCUT2D eigenvalue weighted by atomic mass is 10.2. The topological polar surface area (TPSA) is 149 Å². The van der Waals surface area contributed by atoms with Crippen LogP contribution in [-0.4, -0.2) is 46.6 Å². The smallest absolute Gasteiger partial charge is 0.322 e. The van der Waals surface area contributed by atoms with Gasteiger partial charge in [0, 0.05) is 6.42 Å². The van der Waals surface area contributed by atoms with Gasteiger partial charge in [-0.1, -0.05) is 6.92 Å². The van der Waals surface area contributed by atoms with Gasteiger partial charge in [0.15, 0.2) is 5.03 Å². The number of carboxylic acids is 2. The maximum absolute atomic E-state index is 11.8. The summed E-state index contributed by atoms with van der Waals surface area (Å²) in [6.45, 7) is 1.76. The van der Waals surface area contributed by atoms with Crippen molar-refractivity contribution in [1.82, 2.24) is 14.7 Å². The van der Waals surface area contributed by atoms with Gasteiger partial charge in [-0.15, -0.1) is 0 Å². The van der Waals surface area contributed by atoms with Crippen LogP contribution in [0, 0.1) is 0 Å². The van der Waals surface area contributed by atoms with E-state index in [0.29, 0.717) is 12.2 Å². The lowest BCUT2D eigenvalue weighted by molar-refractivity contribution is -0.145. The van der Waals surface area contributed by atoms with Crippen LogP contribution in [0.5, 0.6) is 0 Å². The quantitative estimate of drug-likeness (QED) is 0.512. The summed E-state index contributed by atoms with van der Waals surface area (Å²) in [5.74, 6) is -2.57. The first-order valence-electron chi connectivity index (χ1n) is 5.27. The van der Waals surface area contributed by atoms with Gasteiger partial charge in [-0.25, -0.2) is 13.4 Å². The van der Waals surface area contributed by atoms with Crippen molar-refractivity contribution < 1.29 is 28.2 Å². The number of aryl methyl sites for hydroxylation is 1. The zero-order valence-corrected chi connectivity index (χ0v) is 10.8. The highest BCUT2D eigenvalue weighted by molar-refractivity contribution is 7.89. The fourth-order valence-electron chi connectivity index (χ4n) is 1.26. The number of hydrogen-bond acceptors (Lipinski definition) is 5. The van der Waals surface area contributed by atoms with Crippen LogP contribution in [0.2, 0.25) is 0 Å². The van der Waals surface area contributed by atoms with Crippen LogP contribution >= 0.6 is 0 Å². The second-order valence-electron chi connectivity index (χ2n) is 3.66. The lowest BCUT2D eigenvalue weighted by Crippen LogP contribution is -2.42. The average Bonchev–Trinajstić information content (AvgIpc) is 2.76. The summed E-state index contributed by atoms with van der Waals surface area (Å²) in [5.41, 5.74) is 0. The van der Waals surface area contributed by atoms with Crippen molar-refractivity contribution in [2.45, 2.75) is 30.8 Å².